The maximum absolute atomic E-state index is 12.6. The van der Waals surface area contributed by atoms with Gasteiger partial charge in [-0.05, 0) is 40.8 Å². The molecule has 0 saturated heterocycles. The van der Waals surface area contributed by atoms with Crippen molar-refractivity contribution in [1.82, 2.24) is 10.2 Å². The van der Waals surface area contributed by atoms with E-state index in [1.165, 1.54) is 12.1 Å². The molecule has 0 aliphatic heterocycles. The Labute approximate surface area is 168 Å². The molecule has 2 rings (SSSR count). The standard InChI is InChI=1S/C22H25F3N2O2/c1-21(2,3)18-11-9-17(10-12-18)20(29)27(4)13-15-5-7-16(8-6-15)19(28)26-14-22(23,24)25/h5-12H,13-14H2,1-4H3,(H,26,28). The van der Waals surface area contributed by atoms with E-state index in [0.29, 0.717) is 12.1 Å². The summed E-state index contributed by atoms with van der Waals surface area (Å²) in [6.07, 6.45) is -4.45. The Morgan fingerprint density at radius 3 is 1.90 bits per heavy atom. The highest BCUT2D eigenvalue weighted by Crippen LogP contribution is 2.22. The third-order valence-corrected chi connectivity index (χ3v) is 4.43. The van der Waals surface area contributed by atoms with Gasteiger partial charge in [-0.1, -0.05) is 45.0 Å². The van der Waals surface area contributed by atoms with Crippen molar-refractivity contribution >= 4 is 11.8 Å². The Bertz CT molecular complexity index is 852. The summed E-state index contributed by atoms with van der Waals surface area (Å²) in [4.78, 5) is 25.9. The van der Waals surface area contributed by atoms with E-state index in [9.17, 15) is 22.8 Å². The van der Waals surface area contributed by atoms with Crippen LogP contribution in [-0.4, -0.2) is 36.5 Å². The molecule has 0 unspecified atom stereocenters. The molecule has 0 atom stereocenters. The minimum Gasteiger partial charge on any atom is -0.343 e. The Kier molecular flexibility index (Phi) is 6.72. The van der Waals surface area contributed by atoms with Crippen LogP contribution in [0.15, 0.2) is 48.5 Å². The summed E-state index contributed by atoms with van der Waals surface area (Å²) in [7, 11) is 1.67. The number of benzene rings is 2. The molecule has 0 aliphatic rings. The lowest BCUT2D eigenvalue weighted by Crippen LogP contribution is -2.33. The van der Waals surface area contributed by atoms with Gasteiger partial charge < -0.3 is 10.2 Å². The van der Waals surface area contributed by atoms with Crippen LogP contribution in [0, 0.1) is 0 Å². The topological polar surface area (TPSA) is 49.4 Å². The van der Waals surface area contributed by atoms with Crippen LogP contribution >= 0.6 is 0 Å². The first-order chi connectivity index (χ1) is 13.4. The Hall–Kier alpha value is -2.83. The fourth-order valence-electron chi connectivity index (χ4n) is 2.72. The third-order valence-electron chi connectivity index (χ3n) is 4.43. The van der Waals surface area contributed by atoms with E-state index in [1.807, 2.05) is 17.4 Å². The number of nitrogens with zero attached hydrogens (tertiary/aromatic N) is 1. The van der Waals surface area contributed by atoms with Crippen molar-refractivity contribution in [2.45, 2.75) is 38.9 Å². The number of alkyl halides is 3. The van der Waals surface area contributed by atoms with E-state index in [0.717, 1.165) is 11.1 Å². The summed E-state index contributed by atoms with van der Waals surface area (Å²) in [5, 5.41) is 1.83. The van der Waals surface area contributed by atoms with Crippen LogP contribution in [0.3, 0.4) is 0 Å². The van der Waals surface area contributed by atoms with Gasteiger partial charge in [0.25, 0.3) is 11.8 Å². The van der Waals surface area contributed by atoms with Gasteiger partial charge in [-0.25, -0.2) is 0 Å². The number of carbonyl (C=O) groups is 2. The van der Waals surface area contributed by atoms with Gasteiger partial charge in [0.1, 0.15) is 6.54 Å². The number of carbonyl (C=O) groups excluding carboxylic acids is 2. The van der Waals surface area contributed by atoms with Crippen LogP contribution in [0.1, 0.15) is 52.6 Å². The molecule has 0 bridgehead atoms. The number of halogens is 3. The highest BCUT2D eigenvalue weighted by atomic mass is 19.4. The highest BCUT2D eigenvalue weighted by molar-refractivity contribution is 5.95. The fourth-order valence-corrected chi connectivity index (χ4v) is 2.72. The van der Waals surface area contributed by atoms with Crippen molar-refractivity contribution in [3.63, 3.8) is 0 Å². The smallest absolute Gasteiger partial charge is 0.343 e. The number of amides is 2. The van der Waals surface area contributed by atoms with E-state index < -0.39 is 18.6 Å². The summed E-state index contributed by atoms with van der Waals surface area (Å²) in [6, 6.07) is 13.6. The molecule has 0 radical (unpaired) electrons. The van der Waals surface area contributed by atoms with Gasteiger partial charge >= 0.3 is 6.18 Å². The molecule has 2 amide bonds. The Morgan fingerprint density at radius 1 is 0.897 bits per heavy atom. The van der Waals surface area contributed by atoms with Crippen molar-refractivity contribution in [3.8, 4) is 0 Å². The molecule has 7 heteroatoms. The second-order valence-corrected chi connectivity index (χ2v) is 7.98. The molecular formula is C22H25F3N2O2. The molecule has 29 heavy (non-hydrogen) atoms. The minimum atomic E-state index is -4.45. The average molecular weight is 406 g/mol. The van der Waals surface area contributed by atoms with Gasteiger partial charge in [0, 0.05) is 24.7 Å². The van der Waals surface area contributed by atoms with Crippen LogP contribution in [0.5, 0.6) is 0 Å². The van der Waals surface area contributed by atoms with Crippen molar-refractivity contribution in [1.29, 1.82) is 0 Å². The molecule has 2 aromatic carbocycles. The third kappa shape index (κ3) is 6.62. The second kappa shape index (κ2) is 8.68. The van der Waals surface area contributed by atoms with Crippen LogP contribution in [-0.2, 0) is 12.0 Å². The molecule has 1 N–H and O–H groups in total. The molecule has 0 aliphatic carbocycles. The molecule has 4 nitrogen and oxygen atoms in total. The van der Waals surface area contributed by atoms with Gasteiger partial charge in [0.05, 0.1) is 0 Å². The lowest BCUT2D eigenvalue weighted by atomic mass is 9.86. The summed E-state index contributed by atoms with van der Waals surface area (Å²) in [5.74, 6) is -0.935. The summed E-state index contributed by atoms with van der Waals surface area (Å²) in [5.41, 5.74) is 2.60. The number of nitrogens with one attached hydrogen (secondary N) is 1. The van der Waals surface area contributed by atoms with Gasteiger partial charge in [-0.2, -0.15) is 13.2 Å². The minimum absolute atomic E-state index is 0.00160. The Balaban J connectivity index is 1.98. The van der Waals surface area contributed by atoms with E-state index in [2.05, 4.69) is 20.8 Å². The lowest BCUT2D eigenvalue weighted by Gasteiger charge is -2.21. The highest BCUT2D eigenvalue weighted by Gasteiger charge is 2.27. The molecule has 0 fully saturated rings. The number of hydrogen-bond donors (Lipinski definition) is 1. The quantitative estimate of drug-likeness (QED) is 0.792. The van der Waals surface area contributed by atoms with E-state index >= 15 is 0 Å². The van der Waals surface area contributed by atoms with E-state index in [-0.39, 0.29) is 16.9 Å². The SMILES string of the molecule is CN(Cc1ccc(C(=O)NCC(F)(F)F)cc1)C(=O)c1ccc(C(C)(C)C)cc1. The largest absolute Gasteiger partial charge is 0.405 e. The predicted molar refractivity (Wildman–Crippen MR) is 106 cm³/mol. The normalized spacial score (nSPS) is 11.8. The summed E-state index contributed by atoms with van der Waals surface area (Å²) >= 11 is 0. The molecule has 0 aromatic heterocycles. The van der Waals surface area contributed by atoms with E-state index in [1.54, 1.807) is 36.2 Å². The van der Waals surface area contributed by atoms with Gasteiger partial charge in [-0.3, -0.25) is 9.59 Å². The van der Waals surface area contributed by atoms with Crippen LogP contribution < -0.4 is 5.32 Å². The van der Waals surface area contributed by atoms with Crippen molar-refractivity contribution in [2.75, 3.05) is 13.6 Å². The molecule has 0 saturated carbocycles. The van der Waals surface area contributed by atoms with Crippen molar-refractivity contribution < 1.29 is 22.8 Å². The van der Waals surface area contributed by atoms with Gasteiger partial charge in [-0.15, -0.1) is 0 Å². The number of hydrogen-bond acceptors (Lipinski definition) is 2. The molecular weight excluding hydrogens is 381 g/mol. The molecule has 0 spiro atoms. The van der Waals surface area contributed by atoms with Crippen LogP contribution in [0.4, 0.5) is 13.2 Å². The lowest BCUT2D eigenvalue weighted by molar-refractivity contribution is -0.123. The first kappa shape index (κ1) is 22.5. The molecule has 0 heterocycles. The predicted octanol–water partition coefficient (Wildman–Crippen LogP) is 4.55. The Morgan fingerprint density at radius 2 is 1.41 bits per heavy atom. The summed E-state index contributed by atoms with van der Waals surface area (Å²) in [6.45, 7) is 5.23. The second-order valence-electron chi connectivity index (χ2n) is 7.98. The zero-order chi connectivity index (χ0) is 21.8. The maximum Gasteiger partial charge on any atom is 0.405 e. The van der Waals surface area contributed by atoms with Crippen LogP contribution in [0.25, 0.3) is 0 Å². The first-order valence-corrected chi connectivity index (χ1v) is 9.17. The molecule has 156 valence electrons. The zero-order valence-corrected chi connectivity index (χ0v) is 16.9. The van der Waals surface area contributed by atoms with E-state index in [4.69, 9.17) is 0 Å². The molecule has 2 aromatic rings. The monoisotopic (exact) mass is 406 g/mol. The van der Waals surface area contributed by atoms with Gasteiger partial charge in [0.15, 0.2) is 0 Å². The van der Waals surface area contributed by atoms with Gasteiger partial charge in [0.2, 0.25) is 0 Å². The first-order valence-electron chi connectivity index (χ1n) is 9.17. The summed E-state index contributed by atoms with van der Waals surface area (Å²) < 4.78 is 36.5. The maximum atomic E-state index is 12.6. The van der Waals surface area contributed by atoms with Crippen LogP contribution in [0.2, 0.25) is 0 Å². The average Bonchev–Trinajstić information content (AvgIpc) is 2.65. The number of rotatable bonds is 5. The fraction of sp³-hybridized carbons (Fsp3) is 0.364. The zero-order valence-electron chi connectivity index (χ0n) is 16.9. The van der Waals surface area contributed by atoms with Crippen molar-refractivity contribution in [2.24, 2.45) is 0 Å². The van der Waals surface area contributed by atoms with Crippen molar-refractivity contribution in [3.05, 3.63) is 70.8 Å².